The van der Waals surface area contributed by atoms with Crippen LogP contribution in [0.25, 0.3) is 0 Å². The maximum Gasteiger partial charge on any atom is 0.223 e. The van der Waals surface area contributed by atoms with Gasteiger partial charge in [0, 0.05) is 38.9 Å². The van der Waals surface area contributed by atoms with Crippen molar-refractivity contribution in [3.05, 3.63) is 71.5 Å². The third kappa shape index (κ3) is 3.78. The summed E-state index contributed by atoms with van der Waals surface area (Å²) in [5.74, 6) is -0.154. The van der Waals surface area contributed by atoms with Crippen LogP contribution in [0.5, 0.6) is 0 Å². The molecule has 0 radical (unpaired) electrons. The number of carbonyl (C=O) groups is 2. The number of aryl methyl sites for hydroxylation is 1. The van der Waals surface area contributed by atoms with E-state index in [2.05, 4.69) is 0 Å². The number of amides is 2. The van der Waals surface area contributed by atoms with Crippen LogP contribution in [0.3, 0.4) is 0 Å². The van der Waals surface area contributed by atoms with Crippen molar-refractivity contribution in [3.63, 3.8) is 0 Å². The minimum absolute atomic E-state index is 0.0758. The van der Waals surface area contributed by atoms with Gasteiger partial charge in [0.25, 0.3) is 0 Å². The largest absolute Gasteiger partial charge is 0.340 e. The quantitative estimate of drug-likeness (QED) is 0.792. The highest BCUT2D eigenvalue weighted by Gasteiger charge is 2.53. The number of carbonyl (C=O) groups excluding carboxylic acids is 2. The first-order valence-electron chi connectivity index (χ1n) is 10.3. The second kappa shape index (κ2) is 7.97. The van der Waals surface area contributed by atoms with Crippen molar-refractivity contribution in [2.45, 2.75) is 43.6 Å². The van der Waals surface area contributed by atoms with Crippen LogP contribution in [-0.4, -0.2) is 47.3 Å². The first-order valence-corrected chi connectivity index (χ1v) is 10.3. The predicted octanol–water partition coefficient (Wildman–Crippen LogP) is 3.77. The van der Waals surface area contributed by atoms with Crippen molar-refractivity contribution in [2.75, 3.05) is 20.1 Å². The van der Waals surface area contributed by atoms with Crippen LogP contribution < -0.4 is 0 Å². The van der Waals surface area contributed by atoms with Gasteiger partial charge in [0.1, 0.15) is 5.82 Å². The number of likely N-dealkylation sites (N-methyl/N-ethyl adjacent to an activating group) is 1. The Morgan fingerprint density at radius 1 is 1.17 bits per heavy atom. The molecule has 2 aromatic rings. The SMILES string of the molecule is CN1C(=O)CCC[C@]12CN(C(=O)CCc1ccccc1)C[C@H]2c1cccc(F)c1. The van der Waals surface area contributed by atoms with Gasteiger partial charge in [-0.2, -0.15) is 0 Å². The second-order valence-corrected chi connectivity index (χ2v) is 8.28. The number of nitrogens with zero attached hydrogens (tertiary/aromatic N) is 2. The fourth-order valence-electron chi connectivity index (χ4n) is 5.00. The summed E-state index contributed by atoms with van der Waals surface area (Å²) in [4.78, 5) is 29.3. The van der Waals surface area contributed by atoms with E-state index >= 15 is 0 Å². The van der Waals surface area contributed by atoms with Crippen LogP contribution in [0.15, 0.2) is 54.6 Å². The maximum absolute atomic E-state index is 14.0. The topological polar surface area (TPSA) is 40.6 Å². The third-order valence-corrected chi connectivity index (χ3v) is 6.63. The molecule has 0 saturated carbocycles. The lowest BCUT2D eigenvalue weighted by molar-refractivity contribution is -0.141. The number of hydrogen-bond acceptors (Lipinski definition) is 2. The van der Waals surface area contributed by atoms with Gasteiger partial charge in [-0.15, -0.1) is 0 Å². The number of hydrogen-bond donors (Lipinski definition) is 0. The Morgan fingerprint density at radius 2 is 1.97 bits per heavy atom. The number of likely N-dealkylation sites (tertiary alicyclic amines) is 2. The summed E-state index contributed by atoms with van der Waals surface area (Å²) >= 11 is 0. The van der Waals surface area contributed by atoms with E-state index in [-0.39, 0.29) is 23.5 Å². The van der Waals surface area contributed by atoms with Crippen LogP contribution in [0, 0.1) is 5.82 Å². The summed E-state index contributed by atoms with van der Waals surface area (Å²) in [6, 6.07) is 16.6. The Kier molecular flexibility index (Phi) is 5.39. The number of benzene rings is 2. The monoisotopic (exact) mass is 394 g/mol. The Labute approximate surface area is 171 Å². The van der Waals surface area contributed by atoms with Crippen LogP contribution in [-0.2, 0) is 16.0 Å². The van der Waals surface area contributed by atoms with Crippen molar-refractivity contribution in [2.24, 2.45) is 0 Å². The third-order valence-electron chi connectivity index (χ3n) is 6.63. The molecule has 0 unspecified atom stereocenters. The summed E-state index contributed by atoms with van der Waals surface area (Å²) in [7, 11) is 1.84. The Bertz CT molecular complexity index is 901. The predicted molar refractivity (Wildman–Crippen MR) is 110 cm³/mol. The van der Waals surface area contributed by atoms with E-state index in [9.17, 15) is 14.0 Å². The van der Waals surface area contributed by atoms with Crippen LogP contribution in [0.1, 0.15) is 42.7 Å². The Morgan fingerprint density at radius 3 is 2.72 bits per heavy atom. The van der Waals surface area contributed by atoms with Crippen molar-refractivity contribution < 1.29 is 14.0 Å². The zero-order valence-electron chi connectivity index (χ0n) is 16.8. The summed E-state index contributed by atoms with van der Waals surface area (Å²) in [5.41, 5.74) is 1.55. The molecule has 4 rings (SSSR count). The molecule has 0 aromatic heterocycles. The van der Waals surface area contributed by atoms with E-state index in [0.29, 0.717) is 32.4 Å². The van der Waals surface area contributed by atoms with E-state index in [1.807, 2.05) is 53.2 Å². The lowest BCUT2D eigenvalue weighted by atomic mass is 9.75. The van der Waals surface area contributed by atoms with Gasteiger partial charge >= 0.3 is 0 Å². The molecular weight excluding hydrogens is 367 g/mol. The molecule has 2 heterocycles. The summed E-state index contributed by atoms with van der Waals surface area (Å²) in [6.07, 6.45) is 3.31. The van der Waals surface area contributed by atoms with E-state index in [4.69, 9.17) is 0 Å². The summed E-state index contributed by atoms with van der Waals surface area (Å²) < 4.78 is 14.0. The molecule has 2 aromatic carbocycles. The smallest absolute Gasteiger partial charge is 0.223 e. The number of piperidine rings is 1. The van der Waals surface area contributed by atoms with Gasteiger partial charge in [0.05, 0.1) is 5.54 Å². The molecule has 1 spiro atoms. The zero-order chi connectivity index (χ0) is 20.4. The highest BCUT2D eigenvalue weighted by Crippen LogP contribution is 2.45. The minimum Gasteiger partial charge on any atom is -0.340 e. The van der Waals surface area contributed by atoms with Gasteiger partial charge in [0.15, 0.2) is 0 Å². The van der Waals surface area contributed by atoms with Crippen LogP contribution >= 0.6 is 0 Å². The molecular formula is C24H27FN2O2. The molecule has 0 N–H and O–H groups in total. The molecule has 0 aliphatic carbocycles. The van der Waals surface area contributed by atoms with E-state index in [1.54, 1.807) is 12.1 Å². The van der Waals surface area contributed by atoms with E-state index < -0.39 is 5.54 Å². The van der Waals surface area contributed by atoms with E-state index in [1.165, 1.54) is 6.07 Å². The lowest BCUT2D eigenvalue weighted by Gasteiger charge is -2.46. The molecule has 0 bridgehead atoms. The molecule has 2 amide bonds. The van der Waals surface area contributed by atoms with Gasteiger partial charge in [-0.1, -0.05) is 42.5 Å². The van der Waals surface area contributed by atoms with Crippen molar-refractivity contribution in [1.29, 1.82) is 0 Å². The highest BCUT2D eigenvalue weighted by molar-refractivity contribution is 5.80. The first-order chi connectivity index (χ1) is 14.0. The fraction of sp³-hybridized carbons (Fsp3) is 0.417. The maximum atomic E-state index is 14.0. The highest BCUT2D eigenvalue weighted by atomic mass is 19.1. The number of halogens is 1. The van der Waals surface area contributed by atoms with Gasteiger partial charge in [-0.05, 0) is 42.5 Å². The molecule has 2 atom stereocenters. The average Bonchev–Trinajstić information content (AvgIpc) is 3.11. The Balaban J connectivity index is 1.58. The number of rotatable bonds is 4. The lowest BCUT2D eigenvalue weighted by Crippen LogP contribution is -2.57. The molecule has 29 heavy (non-hydrogen) atoms. The van der Waals surface area contributed by atoms with E-state index in [0.717, 1.165) is 24.0 Å². The van der Waals surface area contributed by atoms with Crippen molar-refractivity contribution in [3.8, 4) is 0 Å². The second-order valence-electron chi connectivity index (χ2n) is 8.28. The van der Waals surface area contributed by atoms with Crippen molar-refractivity contribution >= 4 is 11.8 Å². The molecule has 4 nitrogen and oxygen atoms in total. The van der Waals surface area contributed by atoms with Crippen molar-refractivity contribution in [1.82, 2.24) is 9.80 Å². The normalized spacial score (nSPS) is 24.3. The van der Waals surface area contributed by atoms with Gasteiger partial charge < -0.3 is 9.80 Å². The van der Waals surface area contributed by atoms with Gasteiger partial charge in [0.2, 0.25) is 11.8 Å². The summed E-state index contributed by atoms with van der Waals surface area (Å²) in [6.45, 7) is 1.04. The molecule has 2 fully saturated rings. The minimum atomic E-state index is -0.453. The zero-order valence-corrected chi connectivity index (χ0v) is 16.8. The molecule has 152 valence electrons. The fourth-order valence-corrected chi connectivity index (χ4v) is 5.00. The first kappa shape index (κ1) is 19.6. The van der Waals surface area contributed by atoms with Gasteiger partial charge in [-0.25, -0.2) is 4.39 Å². The Hall–Kier alpha value is -2.69. The van der Waals surface area contributed by atoms with Crippen LogP contribution in [0.4, 0.5) is 4.39 Å². The molecule has 2 aliphatic heterocycles. The van der Waals surface area contributed by atoms with Crippen LogP contribution in [0.2, 0.25) is 0 Å². The summed E-state index contributed by atoms with van der Waals surface area (Å²) in [5, 5.41) is 0. The standard InChI is InChI=1S/C24H27FN2O2/c1-26-22(28)11-6-14-24(26)17-27(16-21(24)19-9-5-10-20(25)15-19)23(29)13-12-18-7-3-2-4-8-18/h2-5,7-10,15,21H,6,11-14,16-17H2,1H3/t21-,24+/m0/s1. The van der Waals surface area contributed by atoms with Gasteiger partial charge in [-0.3, -0.25) is 9.59 Å². The molecule has 5 heteroatoms. The average molecular weight is 394 g/mol. The molecule has 2 aliphatic rings. The molecule has 2 saturated heterocycles.